The molecule has 1 saturated heterocycles. The summed E-state index contributed by atoms with van der Waals surface area (Å²) in [6.07, 6.45) is 29.4. The third kappa shape index (κ3) is 18.0. The average molecular weight is 609 g/mol. The van der Waals surface area contributed by atoms with Crippen molar-refractivity contribution in [2.45, 2.75) is 217 Å². The monoisotopic (exact) mass is 609 g/mol. The van der Waals surface area contributed by atoms with Crippen LogP contribution in [0.1, 0.15) is 181 Å². The van der Waals surface area contributed by atoms with E-state index in [0.29, 0.717) is 18.4 Å². The maximum atomic E-state index is 11.6. The van der Waals surface area contributed by atoms with Crippen molar-refractivity contribution in [3.63, 3.8) is 0 Å². The molecule has 43 heavy (non-hydrogen) atoms. The molecule has 0 aromatic carbocycles. The molecule has 3 N–H and O–H groups in total. The largest absolute Gasteiger partial charge is 0.455 e. The molecule has 0 aromatic rings. The molecular weight excluding hydrogens is 540 g/mol. The molecule has 252 valence electrons. The Kier molecular flexibility index (Phi) is 21.6. The van der Waals surface area contributed by atoms with Crippen molar-refractivity contribution in [3.8, 4) is 0 Å². The minimum Gasteiger partial charge on any atom is -0.455 e. The van der Waals surface area contributed by atoms with Gasteiger partial charge in [0.25, 0.3) is 0 Å². The van der Waals surface area contributed by atoms with E-state index in [1.807, 2.05) is 13.0 Å². The standard InChI is InChI=1S/C37H68O6/c1-3-4-5-6-7-8-11-14-17-20-23-33(39)35-27-28-36(43-35)34(40)24-21-18-15-12-9-10-13-16-19-22-32(38)26-25-31-29-30(2)42-37(31)41/h29-30,32-36,38-40H,3-28H2,1-2H3. The molecule has 2 heterocycles. The highest BCUT2D eigenvalue weighted by molar-refractivity contribution is 5.90. The van der Waals surface area contributed by atoms with E-state index in [1.54, 1.807) is 0 Å². The fraction of sp³-hybridized carbons (Fsp3) is 0.919. The third-order valence-corrected chi connectivity index (χ3v) is 9.57. The van der Waals surface area contributed by atoms with Crippen LogP contribution in [-0.2, 0) is 14.3 Å². The van der Waals surface area contributed by atoms with Gasteiger partial charge in [-0.25, -0.2) is 4.79 Å². The predicted octanol–water partition coefficient (Wildman–Crippen LogP) is 8.87. The van der Waals surface area contributed by atoms with Crippen LogP contribution in [0, 0.1) is 0 Å². The minimum atomic E-state index is -0.405. The zero-order valence-corrected chi connectivity index (χ0v) is 28.0. The van der Waals surface area contributed by atoms with Crippen LogP contribution in [0.3, 0.4) is 0 Å². The molecule has 6 heteroatoms. The van der Waals surface area contributed by atoms with Crippen LogP contribution in [-0.4, -0.2) is 57.9 Å². The molecule has 0 amide bonds. The first kappa shape index (κ1) is 38.2. The van der Waals surface area contributed by atoms with Crippen molar-refractivity contribution in [2.24, 2.45) is 0 Å². The van der Waals surface area contributed by atoms with Gasteiger partial charge in [0.2, 0.25) is 0 Å². The average Bonchev–Trinajstić information content (AvgIpc) is 3.61. The first-order chi connectivity index (χ1) is 20.9. The Balaban J connectivity index is 1.35. The van der Waals surface area contributed by atoms with Crippen molar-refractivity contribution in [3.05, 3.63) is 11.6 Å². The highest BCUT2D eigenvalue weighted by Crippen LogP contribution is 2.28. The second kappa shape index (κ2) is 24.3. The lowest BCUT2D eigenvalue weighted by Gasteiger charge is -2.22. The first-order valence-corrected chi connectivity index (χ1v) is 18.5. The van der Waals surface area contributed by atoms with Gasteiger partial charge in [-0.15, -0.1) is 0 Å². The number of esters is 1. The second-order valence-corrected chi connectivity index (χ2v) is 13.6. The molecule has 2 rings (SSSR count). The maximum Gasteiger partial charge on any atom is 0.334 e. The summed E-state index contributed by atoms with van der Waals surface area (Å²) in [4.78, 5) is 11.6. The highest BCUT2D eigenvalue weighted by Gasteiger charge is 2.34. The zero-order chi connectivity index (χ0) is 31.1. The molecule has 0 radical (unpaired) electrons. The molecule has 0 spiro atoms. The van der Waals surface area contributed by atoms with Gasteiger partial charge >= 0.3 is 5.97 Å². The zero-order valence-electron chi connectivity index (χ0n) is 28.0. The topological polar surface area (TPSA) is 96.2 Å². The maximum absolute atomic E-state index is 11.6. The number of hydrogen-bond donors (Lipinski definition) is 3. The fourth-order valence-electron chi connectivity index (χ4n) is 6.72. The molecule has 2 aliphatic heterocycles. The molecular formula is C37H68O6. The van der Waals surface area contributed by atoms with Gasteiger partial charge in [-0.05, 0) is 57.9 Å². The van der Waals surface area contributed by atoms with Gasteiger partial charge < -0.3 is 24.8 Å². The first-order valence-electron chi connectivity index (χ1n) is 18.5. The van der Waals surface area contributed by atoms with Crippen molar-refractivity contribution in [1.82, 2.24) is 0 Å². The van der Waals surface area contributed by atoms with Crippen LogP contribution < -0.4 is 0 Å². The van der Waals surface area contributed by atoms with E-state index in [2.05, 4.69) is 6.92 Å². The van der Waals surface area contributed by atoms with Gasteiger partial charge in [0.05, 0.1) is 30.5 Å². The molecule has 2 aliphatic rings. The predicted molar refractivity (Wildman–Crippen MR) is 176 cm³/mol. The van der Waals surface area contributed by atoms with E-state index in [1.165, 1.54) is 89.9 Å². The molecule has 0 saturated carbocycles. The Morgan fingerprint density at radius 1 is 0.651 bits per heavy atom. The van der Waals surface area contributed by atoms with Crippen molar-refractivity contribution >= 4 is 5.97 Å². The summed E-state index contributed by atoms with van der Waals surface area (Å²) >= 11 is 0. The fourth-order valence-corrected chi connectivity index (χ4v) is 6.72. The Labute approximate surface area is 264 Å². The number of cyclic esters (lactones) is 1. The van der Waals surface area contributed by atoms with Crippen molar-refractivity contribution in [2.75, 3.05) is 0 Å². The summed E-state index contributed by atoms with van der Waals surface area (Å²) in [6, 6.07) is 0. The highest BCUT2D eigenvalue weighted by atomic mass is 16.5. The van der Waals surface area contributed by atoms with Crippen LogP contribution >= 0.6 is 0 Å². The number of aliphatic hydroxyl groups is 3. The summed E-state index contributed by atoms with van der Waals surface area (Å²) in [7, 11) is 0. The van der Waals surface area contributed by atoms with E-state index < -0.39 is 6.10 Å². The van der Waals surface area contributed by atoms with E-state index in [0.717, 1.165) is 64.2 Å². The van der Waals surface area contributed by atoms with Crippen LogP contribution in [0.2, 0.25) is 0 Å². The number of rotatable bonds is 28. The van der Waals surface area contributed by atoms with Crippen LogP contribution in [0.15, 0.2) is 11.6 Å². The van der Waals surface area contributed by atoms with Gasteiger partial charge in [-0.1, -0.05) is 129 Å². The summed E-state index contributed by atoms with van der Waals surface area (Å²) in [5, 5.41) is 31.4. The van der Waals surface area contributed by atoms with Crippen LogP contribution in [0.4, 0.5) is 0 Å². The molecule has 0 aliphatic carbocycles. The minimum absolute atomic E-state index is 0.0965. The van der Waals surface area contributed by atoms with Gasteiger partial charge in [0.1, 0.15) is 6.10 Å². The lowest BCUT2D eigenvalue weighted by Crippen LogP contribution is -2.31. The summed E-state index contributed by atoms with van der Waals surface area (Å²) in [6.45, 7) is 4.12. The molecule has 6 unspecified atom stereocenters. The smallest absolute Gasteiger partial charge is 0.334 e. The SMILES string of the molecule is CCCCCCCCCCCCC(O)C1CCC(C(O)CCCCCCCCCCCC(O)CCC2=CC(C)OC2=O)O1. The molecule has 6 atom stereocenters. The van der Waals surface area contributed by atoms with Gasteiger partial charge in [-0.3, -0.25) is 0 Å². The van der Waals surface area contributed by atoms with Gasteiger partial charge in [0.15, 0.2) is 0 Å². The van der Waals surface area contributed by atoms with Crippen LogP contribution in [0.5, 0.6) is 0 Å². The Hall–Kier alpha value is -0.950. The van der Waals surface area contributed by atoms with Crippen LogP contribution in [0.25, 0.3) is 0 Å². The number of hydrogen-bond acceptors (Lipinski definition) is 6. The lowest BCUT2D eigenvalue weighted by molar-refractivity contribution is -0.139. The van der Waals surface area contributed by atoms with E-state index >= 15 is 0 Å². The summed E-state index contributed by atoms with van der Waals surface area (Å²) in [5.41, 5.74) is 0.714. The molecule has 1 fully saturated rings. The third-order valence-electron chi connectivity index (χ3n) is 9.57. The van der Waals surface area contributed by atoms with E-state index in [-0.39, 0.29) is 36.5 Å². The van der Waals surface area contributed by atoms with Gasteiger partial charge in [-0.2, -0.15) is 0 Å². The van der Waals surface area contributed by atoms with Gasteiger partial charge in [0, 0.05) is 5.57 Å². The molecule has 0 bridgehead atoms. The second-order valence-electron chi connectivity index (χ2n) is 13.6. The number of ether oxygens (including phenoxy) is 2. The molecule has 6 nitrogen and oxygen atoms in total. The van der Waals surface area contributed by atoms with E-state index in [9.17, 15) is 20.1 Å². The summed E-state index contributed by atoms with van der Waals surface area (Å²) < 4.78 is 11.2. The Morgan fingerprint density at radius 2 is 1.07 bits per heavy atom. The lowest BCUT2D eigenvalue weighted by atomic mass is 9.99. The molecule has 0 aromatic heterocycles. The number of carbonyl (C=O) groups is 1. The normalized spacial score (nSPS) is 22.5. The van der Waals surface area contributed by atoms with Crippen molar-refractivity contribution in [1.29, 1.82) is 0 Å². The summed E-state index contributed by atoms with van der Waals surface area (Å²) in [5.74, 6) is -0.224. The van der Waals surface area contributed by atoms with Crippen molar-refractivity contribution < 1.29 is 29.6 Å². The van der Waals surface area contributed by atoms with E-state index in [4.69, 9.17) is 9.47 Å². The number of aliphatic hydroxyl groups excluding tert-OH is 3. The quantitative estimate of drug-likeness (QED) is 0.0606. The number of unbranched alkanes of at least 4 members (excludes halogenated alkanes) is 17. The number of carbonyl (C=O) groups excluding carboxylic acids is 1. The Morgan fingerprint density at radius 3 is 1.49 bits per heavy atom. The Bertz CT molecular complexity index is 724.